The molecule has 0 aliphatic rings. The lowest BCUT2D eigenvalue weighted by Crippen LogP contribution is -2.48. The standard InChI is InChI=1S/C20H27ClN4O3S/c1-14(2)11-18(20(22)26)25(13-15-5-10-19(23-12-15)24(3)4)29(27,28)17-8-6-16(21)7-9-17/h5-10,12,14,18H,11,13H2,1-4H3,(H2,22,26)/t18-/m0/s1. The van der Waals surface area contributed by atoms with Crippen molar-refractivity contribution in [2.75, 3.05) is 19.0 Å². The number of halogens is 1. The fourth-order valence-corrected chi connectivity index (χ4v) is 4.60. The second-order valence-electron chi connectivity index (χ2n) is 7.47. The van der Waals surface area contributed by atoms with E-state index in [1.54, 1.807) is 18.3 Å². The van der Waals surface area contributed by atoms with Crippen LogP contribution in [0.15, 0.2) is 47.5 Å². The lowest BCUT2D eigenvalue weighted by Gasteiger charge is -2.30. The summed E-state index contributed by atoms with van der Waals surface area (Å²) in [5.41, 5.74) is 6.27. The van der Waals surface area contributed by atoms with Gasteiger partial charge in [0.1, 0.15) is 11.9 Å². The topological polar surface area (TPSA) is 96.6 Å². The van der Waals surface area contributed by atoms with Gasteiger partial charge in [-0.15, -0.1) is 0 Å². The lowest BCUT2D eigenvalue weighted by molar-refractivity contribution is -0.122. The summed E-state index contributed by atoms with van der Waals surface area (Å²) in [7, 11) is -0.264. The highest BCUT2D eigenvalue weighted by Crippen LogP contribution is 2.25. The Labute approximate surface area is 177 Å². The van der Waals surface area contributed by atoms with Crippen LogP contribution in [0.3, 0.4) is 0 Å². The first kappa shape index (κ1) is 23.1. The normalized spacial score (nSPS) is 12.9. The van der Waals surface area contributed by atoms with E-state index in [1.165, 1.54) is 24.3 Å². The SMILES string of the molecule is CC(C)C[C@@H](C(N)=O)N(Cc1ccc(N(C)C)nc1)S(=O)(=O)c1ccc(Cl)cc1. The summed E-state index contributed by atoms with van der Waals surface area (Å²) in [5, 5.41) is 0.424. The number of pyridine rings is 1. The van der Waals surface area contributed by atoms with Crippen LogP contribution >= 0.6 is 11.6 Å². The number of sulfonamides is 1. The van der Waals surface area contributed by atoms with Gasteiger partial charge in [0.05, 0.1) is 4.90 Å². The van der Waals surface area contributed by atoms with E-state index in [1.807, 2.05) is 32.8 Å². The van der Waals surface area contributed by atoms with Crippen LogP contribution in [-0.2, 0) is 21.4 Å². The number of benzene rings is 1. The van der Waals surface area contributed by atoms with E-state index in [-0.39, 0.29) is 17.4 Å². The third kappa shape index (κ3) is 5.91. The van der Waals surface area contributed by atoms with Gasteiger partial charge in [-0.2, -0.15) is 4.31 Å². The van der Waals surface area contributed by atoms with E-state index < -0.39 is 22.0 Å². The van der Waals surface area contributed by atoms with E-state index in [0.29, 0.717) is 17.0 Å². The van der Waals surface area contributed by atoms with E-state index in [9.17, 15) is 13.2 Å². The molecule has 29 heavy (non-hydrogen) atoms. The monoisotopic (exact) mass is 438 g/mol. The Morgan fingerprint density at radius 3 is 2.21 bits per heavy atom. The molecular weight excluding hydrogens is 412 g/mol. The van der Waals surface area contributed by atoms with Crippen LogP contribution in [0.4, 0.5) is 5.82 Å². The minimum absolute atomic E-state index is 0.0218. The van der Waals surface area contributed by atoms with Gasteiger partial charge in [0.15, 0.2) is 0 Å². The average molecular weight is 439 g/mol. The van der Waals surface area contributed by atoms with E-state index in [4.69, 9.17) is 17.3 Å². The molecule has 0 saturated carbocycles. The van der Waals surface area contributed by atoms with Crippen LogP contribution in [0.1, 0.15) is 25.8 Å². The first-order valence-corrected chi connectivity index (χ1v) is 11.0. The van der Waals surface area contributed by atoms with Gasteiger partial charge in [-0.25, -0.2) is 13.4 Å². The van der Waals surface area contributed by atoms with Gasteiger partial charge in [0, 0.05) is 31.9 Å². The first-order valence-electron chi connectivity index (χ1n) is 9.21. The molecule has 1 amide bonds. The minimum Gasteiger partial charge on any atom is -0.368 e. The maximum atomic E-state index is 13.4. The number of amides is 1. The third-order valence-corrected chi connectivity index (χ3v) is 6.52. The molecule has 0 unspecified atom stereocenters. The Balaban J connectivity index is 2.49. The number of hydrogen-bond acceptors (Lipinski definition) is 5. The molecule has 9 heteroatoms. The molecule has 0 spiro atoms. The molecule has 0 saturated heterocycles. The van der Waals surface area contributed by atoms with Crippen molar-refractivity contribution >= 4 is 33.3 Å². The summed E-state index contributed by atoms with van der Waals surface area (Å²) < 4.78 is 28.0. The Morgan fingerprint density at radius 1 is 1.14 bits per heavy atom. The number of aromatic nitrogens is 1. The Hall–Kier alpha value is -2.16. The molecule has 1 aromatic heterocycles. The van der Waals surface area contributed by atoms with Crippen molar-refractivity contribution in [1.82, 2.24) is 9.29 Å². The molecule has 1 aromatic carbocycles. The molecule has 0 radical (unpaired) electrons. The van der Waals surface area contributed by atoms with Crippen LogP contribution in [0.2, 0.25) is 5.02 Å². The van der Waals surface area contributed by atoms with Crippen molar-refractivity contribution in [1.29, 1.82) is 0 Å². The fraction of sp³-hybridized carbons (Fsp3) is 0.400. The molecule has 2 N–H and O–H groups in total. The van der Waals surface area contributed by atoms with Gasteiger partial charge in [0.25, 0.3) is 0 Å². The Kier molecular flexibility index (Phi) is 7.62. The zero-order valence-electron chi connectivity index (χ0n) is 17.0. The zero-order valence-corrected chi connectivity index (χ0v) is 18.6. The zero-order chi connectivity index (χ0) is 21.8. The molecule has 1 heterocycles. The van der Waals surface area contributed by atoms with Gasteiger partial charge >= 0.3 is 0 Å². The molecule has 0 bridgehead atoms. The second-order valence-corrected chi connectivity index (χ2v) is 9.80. The molecular formula is C20H27ClN4O3S. The number of rotatable bonds is 9. The molecule has 0 aliphatic heterocycles. The van der Waals surface area contributed by atoms with Gasteiger partial charge in [-0.1, -0.05) is 31.5 Å². The summed E-state index contributed by atoms with van der Waals surface area (Å²) in [5.74, 6) is 0.133. The quantitative estimate of drug-likeness (QED) is 0.649. The van der Waals surface area contributed by atoms with Crippen molar-refractivity contribution in [2.45, 2.75) is 37.8 Å². The maximum absolute atomic E-state index is 13.4. The van der Waals surface area contributed by atoms with Crippen molar-refractivity contribution in [3.05, 3.63) is 53.2 Å². The highest BCUT2D eigenvalue weighted by Gasteiger charge is 2.35. The molecule has 158 valence electrons. The third-order valence-electron chi connectivity index (χ3n) is 4.40. The molecule has 2 aromatic rings. The van der Waals surface area contributed by atoms with Crippen molar-refractivity contribution in [2.24, 2.45) is 11.7 Å². The molecule has 0 fully saturated rings. The number of carbonyl (C=O) groups excluding carboxylic acids is 1. The highest BCUT2D eigenvalue weighted by atomic mass is 35.5. The molecule has 1 atom stereocenters. The van der Waals surface area contributed by atoms with Crippen molar-refractivity contribution in [3.63, 3.8) is 0 Å². The lowest BCUT2D eigenvalue weighted by atomic mass is 10.0. The summed E-state index contributed by atoms with van der Waals surface area (Å²) >= 11 is 5.90. The highest BCUT2D eigenvalue weighted by molar-refractivity contribution is 7.89. The molecule has 0 aliphatic carbocycles. The fourth-order valence-electron chi connectivity index (χ4n) is 2.88. The van der Waals surface area contributed by atoms with Gasteiger partial charge in [0.2, 0.25) is 15.9 Å². The van der Waals surface area contributed by atoms with Crippen LogP contribution in [0.5, 0.6) is 0 Å². The van der Waals surface area contributed by atoms with Gasteiger partial charge in [-0.05, 0) is 48.2 Å². The second kappa shape index (κ2) is 9.56. The summed E-state index contributed by atoms with van der Waals surface area (Å²) in [6.45, 7) is 3.80. The van der Waals surface area contributed by atoms with Gasteiger partial charge in [-0.3, -0.25) is 4.79 Å². The van der Waals surface area contributed by atoms with Crippen LogP contribution < -0.4 is 10.6 Å². The van der Waals surface area contributed by atoms with E-state index in [0.717, 1.165) is 10.1 Å². The smallest absolute Gasteiger partial charge is 0.244 e. The summed E-state index contributed by atoms with van der Waals surface area (Å²) in [6, 6.07) is 8.45. The van der Waals surface area contributed by atoms with Crippen LogP contribution in [-0.4, -0.2) is 43.8 Å². The van der Waals surface area contributed by atoms with Gasteiger partial charge < -0.3 is 10.6 Å². The van der Waals surface area contributed by atoms with Crippen LogP contribution in [0.25, 0.3) is 0 Å². The summed E-state index contributed by atoms with van der Waals surface area (Å²) in [6.07, 6.45) is 1.92. The first-order chi connectivity index (χ1) is 13.5. The number of nitrogens with zero attached hydrogens (tertiary/aromatic N) is 3. The van der Waals surface area contributed by atoms with Crippen LogP contribution in [0, 0.1) is 5.92 Å². The Morgan fingerprint density at radius 2 is 1.76 bits per heavy atom. The number of nitrogens with two attached hydrogens (primary N) is 1. The Bertz CT molecular complexity index is 929. The predicted molar refractivity (Wildman–Crippen MR) is 115 cm³/mol. The average Bonchev–Trinajstić information content (AvgIpc) is 2.64. The molecule has 7 nitrogen and oxygen atoms in total. The van der Waals surface area contributed by atoms with Crippen molar-refractivity contribution in [3.8, 4) is 0 Å². The maximum Gasteiger partial charge on any atom is 0.244 e. The molecule has 2 rings (SSSR count). The number of primary amides is 1. The van der Waals surface area contributed by atoms with E-state index in [2.05, 4.69) is 4.98 Å². The predicted octanol–water partition coefficient (Wildman–Crippen LogP) is 2.89. The van der Waals surface area contributed by atoms with Crippen molar-refractivity contribution < 1.29 is 13.2 Å². The largest absolute Gasteiger partial charge is 0.368 e. The van der Waals surface area contributed by atoms with E-state index >= 15 is 0 Å². The number of anilines is 1. The minimum atomic E-state index is -4.00. The summed E-state index contributed by atoms with van der Waals surface area (Å²) in [4.78, 5) is 18.4. The number of carbonyl (C=O) groups is 1. The number of hydrogen-bond donors (Lipinski definition) is 1.